The van der Waals surface area contributed by atoms with E-state index in [0.717, 1.165) is 19.6 Å². The zero-order chi connectivity index (χ0) is 8.27. The summed E-state index contributed by atoms with van der Waals surface area (Å²) in [6.07, 6.45) is 0. The number of nitrogens with zero attached hydrogens (tertiary/aromatic N) is 3. The Bertz CT molecular complexity index is 191. The minimum Gasteiger partial charge on any atom is -0.349 e. The van der Waals surface area contributed by atoms with Crippen molar-refractivity contribution < 1.29 is 5.03 Å². The van der Waals surface area contributed by atoms with Gasteiger partial charge in [0.05, 0.1) is 0 Å². The standard InChI is InChI=1S/C5H10N4O2/c1-2-8-4-3-6-5(8)7-9(10)11/h2-4H2,1H3,(H,6,7). The van der Waals surface area contributed by atoms with Crippen molar-refractivity contribution in [3.8, 4) is 0 Å². The molecule has 0 aliphatic carbocycles. The highest BCUT2D eigenvalue weighted by molar-refractivity contribution is 5.81. The van der Waals surface area contributed by atoms with E-state index in [9.17, 15) is 10.1 Å². The fourth-order valence-electron chi connectivity index (χ4n) is 1.00. The molecule has 62 valence electrons. The Morgan fingerprint density at radius 1 is 1.91 bits per heavy atom. The van der Waals surface area contributed by atoms with Gasteiger partial charge in [0.1, 0.15) is 5.10 Å². The molecule has 0 amide bonds. The maximum Gasteiger partial charge on any atom is 0.271 e. The van der Waals surface area contributed by atoms with E-state index in [-0.39, 0.29) is 0 Å². The number of hydrogen-bond donors (Lipinski definition) is 1. The Kier molecular flexibility index (Phi) is 2.25. The first kappa shape index (κ1) is 7.77. The zero-order valence-corrected chi connectivity index (χ0v) is 6.28. The van der Waals surface area contributed by atoms with E-state index in [4.69, 9.17) is 0 Å². The summed E-state index contributed by atoms with van der Waals surface area (Å²) in [5.41, 5.74) is 0. The van der Waals surface area contributed by atoms with Crippen LogP contribution in [0.2, 0.25) is 0 Å². The molecule has 11 heavy (non-hydrogen) atoms. The zero-order valence-electron chi connectivity index (χ0n) is 6.28. The lowest BCUT2D eigenvalue weighted by Crippen LogP contribution is -2.30. The summed E-state index contributed by atoms with van der Waals surface area (Å²) in [4.78, 5) is 11.8. The van der Waals surface area contributed by atoms with Crippen molar-refractivity contribution in [3.63, 3.8) is 0 Å². The summed E-state index contributed by atoms with van der Waals surface area (Å²) in [5.74, 6) is 0.373. The molecule has 1 rings (SSSR count). The van der Waals surface area contributed by atoms with Crippen LogP contribution in [0, 0.1) is 10.1 Å². The van der Waals surface area contributed by atoms with Gasteiger partial charge in [-0.05, 0) is 6.92 Å². The first-order chi connectivity index (χ1) is 5.24. The Morgan fingerprint density at radius 2 is 2.64 bits per heavy atom. The number of hydrazone groups is 1. The first-order valence-electron chi connectivity index (χ1n) is 3.46. The van der Waals surface area contributed by atoms with Crippen LogP contribution < -0.4 is 5.32 Å². The second-order valence-electron chi connectivity index (χ2n) is 2.17. The lowest BCUT2D eigenvalue weighted by molar-refractivity contribution is -0.485. The van der Waals surface area contributed by atoms with Crippen molar-refractivity contribution >= 4 is 5.96 Å². The van der Waals surface area contributed by atoms with Crippen LogP contribution in [0.3, 0.4) is 0 Å². The average molecular weight is 158 g/mol. The van der Waals surface area contributed by atoms with Crippen molar-refractivity contribution in [1.82, 2.24) is 10.2 Å². The normalized spacial score (nSPS) is 20.5. The van der Waals surface area contributed by atoms with E-state index < -0.39 is 5.03 Å². The van der Waals surface area contributed by atoms with Crippen molar-refractivity contribution in [2.45, 2.75) is 6.92 Å². The third-order valence-electron chi connectivity index (χ3n) is 1.52. The molecule has 0 spiro atoms. The molecule has 0 aromatic heterocycles. The van der Waals surface area contributed by atoms with Gasteiger partial charge in [-0.3, -0.25) is 0 Å². The van der Waals surface area contributed by atoms with E-state index >= 15 is 0 Å². The minimum atomic E-state index is -0.684. The van der Waals surface area contributed by atoms with Gasteiger partial charge in [-0.2, -0.15) is 0 Å². The minimum absolute atomic E-state index is 0.373. The molecule has 1 aliphatic rings. The van der Waals surface area contributed by atoms with E-state index in [1.54, 1.807) is 0 Å². The molecule has 6 heteroatoms. The SMILES string of the molecule is CCN1CCNC1=N[N+](=O)[O-]. The molecule has 0 atom stereocenters. The molecule has 6 nitrogen and oxygen atoms in total. The monoisotopic (exact) mass is 158 g/mol. The van der Waals surface area contributed by atoms with E-state index in [1.165, 1.54) is 0 Å². The molecule has 0 saturated carbocycles. The van der Waals surface area contributed by atoms with Gasteiger partial charge >= 0.3 is 0 Å². The molecule has 0 bridgehead atoms. The molecule has 1 heterocycles. The lowest BCUT2D eigenvalue weighted by atomic mass is 10.6. The molecule has 1 N–H and O–H groups in total. The smallest absolute Gasteiger partial charge is 0.271 e. The van der Waals surface area contributed by atoms with E-state index in [1.807, 2.05) is 11.8 Å². The third kappa shape index (κ3) is 1.79. The summed E-state index contributed by atoms with van der Waals surface area (Å²) in [6, 6.07) is 0. The topological polar surface area (TPSA) is 70.8 Å². The van der Waals surface area contributed by atoms with Crippen molar-refractivity contribution in [2.75, 3.05) is 19.6 Å². The maximum atomic E-state index is 9.97. The van der Waals surface area contributed by atoms with Crippen molar-refractivity contribution in [3.05, 3.63) is 10.1 Å². The highest BCUT2D eigenvalue weighted by Gasteiger charge is 2.18. The van der Waals surface area contributed by atoms with Gasteiger partial charge in [0.2, 0.25) is 0 Å². The molecular formula is C5H10N4O2. The Morgan fingerprint density at radius 3 is 3.18 bits per heavy atom. The van der Waals surface area contributed by atoms with E-state index in [2.05, 4.69) is 10.4 Å². The van der Waals surface area contributed by atoms with Crippen LogP contribution in [0.1, 0.15) is 6.92 Å². The number of likely N-dealkylation sites (N-methyl/N-ethyl adjacent to an activating group) is 1. The van der Waals surface area contributed by atoms with Gasteiger partial charge in [-0.1, -0.05) is 0 Å². The van der Waals surface area contributed by atoms with Crippen LogP contribution in [-0.4, -0.2) is 35.5 Å². The summed E-state index contributed by atoms with van der Waals surface area (Å²) in [6.45, 7) is 4.21. The summed E-state index contributed by atoms with van der Waals surface area (Å²) in [5, 5.41) is 15.3. The van der Waals surface area contributed by atoms with Crippen LogP contribution >= 0.6 is 0 Å². The van der Waals surface area contributed by atoms with Gasteiger partial charge in [-0.25, -0.2) is 10.1 Å². The molecule has 1 aliphatic heterocycles. The van der Waals surface area contributed by atoms with E-state index in [0.29, 0.717) is 5.96 Å². The fraction of sp³-hybridized carbons (Fsp3) is 0.800. The summed E-state index contributed by atoms with van der Waals surface area (Å²) < 4.78 is 0. The fourth-order valence-corrected chi connectivity index (χ4v) is 1.00. The third-order valence-corrected chi connectivity index (χ3v) is 1.52. The Balaban J connectivity index is 2.63. The number of nitrogens with one attached hydrogen (secondary N) is 1. The molecule has 1 saturated heterocycles. The highest BCUT2D eigenvalue weighted by Crippen LogP contribution is 1.95. The molecular weight excluding hydrogens is 148 g/mol. The summed E-state index contributed by atoms with van der Waals surface area (Å²) >= 11 is 0. The second kappa shape index (κ2) is 3.18. The van der Waals surface area contributed by atoms with Crippen LogP contribution in [-0.2, 0) is 0 Å². The van der Waals surface area contributed by atoms with Crippen LogP contribution in [0.4, 0.5) is 0 Å². The van der Waals surface area contributed by atoms with Gasteiger partial charge in [0, 0.05) is 19.6 Å². The molecule has 0 aromatic carbocycles. The van der Waals surface area contributed by atoms with Crippen LogP contribution in [0.15, 0.2) is 5.10 Å². The molecule has 0 radical (unpaired) electrons. The number of nitro groups is 1. The average Bonchev–Trinajstić information content (AvgIpc) is 2.34. The second-order valence-corrected chi connectivity index (χ2v) is 2.17. The quantitative estimate of drug-likeness (QED) is 0.432. The van der Waals surface area contributed by atoms with Crippen LogP contribution in [0.25, 0.3) is 0 Å². The summed E-state index contributed by atoms with van der Waals surface area (Å²) in [7, 11) is 0. The van der Waals surface area contributed by atoms with Gasteiger partial charge in [-0.15, -0.1) is 0 Å². The van der Waals surface area contributed by atoms with Crippen LogP contribution in [0.5, 0.6) is 0 Å². The highest BCUT2D eigenvalue weighted by atomic mass is 16.7. The first-order valence-corrected chi connectivity index (χ1v) is 3.46. The van der Waals surface area contributed by atoms with Gasteiger partial charge in [0.15, 0.2) is 5.03 Å². The van der Waals surface area contributed by atoms with Gasteiger partial charge < -0.3 is 10.2 Å². The van der Waals surface area contributed by atoms with Crippen molar-refractivity contribution in [2.24, 2.45) is 5.10 Å². The predicted octanol–water partition coefficient (Wildman–Crippen LogP) is -0.541. The Labute approximate surface area is 64.0 Å². The van der Waals surface area contributed by atoms with Gasteiger partial charge in [0.25, 0.3) is 5.96 Å². The largest absolute Gasteiger partial charge is 0.349 e. The number of guanidine groups is 1. The predicted molar refractivity (Wildman–Crippen MR) is 39.7 cm³/mol. The number of rotatable bonds is 2. The molecule has 0 unspecified atom stereocenters. The molecule has 0 aromatic rings. The lowest BCUT2D eigenvalue weighted by Gasteiger charge is -2.10. The molecule has 1 fully saturated rings. The van der Waals surface area contributed by atoms with Crippen molar-refractivity contribution in [1.29, 1.82) is 0 Å². The number of hydrogen-bond acceptors (Lipinski definition) is 2. The Hall–Kier alpha value is -1.33. The maximum absolute atomic E-state index is 9.97.